The molecule has 4 aliphatic rings. The number of pyridine rings is 1. The molecule has 0 saturated carbocycles. The predicted octanol–water partition coefficient (Wildman–Crippen LogP) is 4.67. The SMILES string of the molecule is CN1CCC[C@@H]1c1cc2cnc(NC(=O)c3ccc(OCCC4CCN(c5ccc6c(c5)C(=O)N(C5CCC(=O)NC5=O)C6=O)CC4)cc3)cc2n1C(=O)O. The van der Waals surface area contributed by atoms with Crippen LogP contribution in [0.4, 0.5) is 16.3 Å². The van der Waals surface area contributed by atoms with Crippen molar-refractivity contribution in [1.82, 2.24) is 24.7 Å². The predicted molar refractivity (Wildman–Crippen MR) is 200 cm³/mol. The first-order valence-electron chi connectivity index (χ1n) is 18.7. The second-order valence-electron chi connectivity index (χ2n) is 14.7. The Morgan fingerprint density at radius 1 is 0.909 bits per heavy atom. The molecule has 15 nitrogen and oxygen atoms in total. The minimum absolute atomic E-state index is 0.00416. The van der Waals surface area contributed by atoms with Crippen molar-refractivity contribution in [2.75, 3.05) is 43.5 Å². The number of benzene rings is 2. The largest absolute Gasteiger partial charge is 0.494 e. The molecule has 0 aliphatic carbocycles. The summed E-state index contributed by atoms with van der Waals surface area (Å²) >= 11 is 0. The second kappa shape index (κ2) is 14.6. The molecule has 2 aromatic heterocycles. The van der Waals surface area contributed by atoms with E-state index in [1.165, 1.54) is 4.57 Å². The fraction of sp³-hybridized carbons (Fsp3) is 0.375. The van der Waals surface area contributed by atoms with Gasteiger partial charge in [-0.3, -0.25) is 39.1 Å². The van der Waals surface area contributed by atoms with Crippen LogP contribution in [0.1, 0.15) is 87.8 Å². The van der Waals surface area contributed by atoms with Crippen LogP contribution < -0.4 is 20.3 Å². The number of piperidine rings is 2. The minimum atomic E-state index is -1.08. The molecular weight excluding hydrogens is 706 g/mol. The fourth-order valence-corrected chi connectivity index (χ4v) is 8.30. The third-order valence-corrected chi connectivity index (χ3v) is 11.3. The number of likely N-dealkylation sites (tertiary alicyclic amines) is 1. The van der Waals surface area contributed by atoms with Gasteiger partial charge in [0.15, 0.2) is 0 Å². The summed E-state index contributed by atoms with van der Waals surface area (Å²) in [6.45, 7) is 2.96. The lowest BCUT2D eigenvalue weighted by atomic mass is 9.93. The summed E-state index contributed by atoms with van der Waals surface area (Å²) in [6.07, 6.45) is 5.26. The molecule has 1 unspecified atom stereocenters. The Morgan fingerprint density at radius 2 is 1.67 bits per heavy atom. The number of aromatic nitrogens is 2. The van der Waals surface area contributed by atoms with Crippen LogP contribution in [0.3, 0.4) is 0 Å². The molecule has 55 heavy (non-hydrogen) atoms. The minimum Gasteiger partial charge on any atom is -0.494 e. The number of anilines is 2. The van der Waals surface area contributed by atoms with E-state index >= 15 is 0 Å². The Bertz CT molecular complexity index is 2230. The van der Waals surface area contributed by atoms with Crippen molar-refractivity contribution in [3.63, 3.8) is 0 Å². The lowest BCUT2D eigenvalue weighted by Gasteiger charge is -2.33. The first-order chi connectivity index (χ1) is 26.5. The molecule has 2 aromatic carbocycles. The molecule has 2 atom stereocenters. The first kappa shape index (κ1) is 35.9. The average molecular weight is 748 g/mol. The van der Waals surface area contributed by atoms with E-state index in [0.29, 0.717) is 40.4 Å². The fourth-order valence-electron chi connectivity index (χ4n) is 8.30. The van der Waals surface area contributed by atoms with Crippen molar-refractivity contribution in [1.29, 1.82) is 0 Å². The van der Waals surface area contributed by atoms with E-state index in [4.69, 9.17) is 4.74 Å². The van der Waals surface area contributed by atoms with E-state index in [-0.39, 0.29) is 41.7 Å². The number of amides is 5. The van der Waals surface area contributed by atoms with Crippen molar-refractivity contribution in [3.8, 4) is 5.75 Å². The van der Waals surface area contributed by atoms with Crippen molar-refractivity contribution in [3.05, 3.63) is 83.2 Å². The number of hydrogen-bond acceptors (Lipinski definition) is 10. The maximum Gasteiger partial charge on any atom is 0.416 e. The van der Waals surface area contributed by atoms with Crippen LogP contribution in [0.2, 0.25) is 0 Å². The van der Waals surface area contributed by atoms with Crippen LogP contribution in [0, 0.1) is 5.92 Å². The molecule has 3 N–H and O–H groups in total. The molecule has 8 rings (SSSR count). The summed E-state index contributed by atoms with van der Waals surface area (Å²) in [6, 6.07) is 14.5. The number of carbonyl (C=O) groups excluding carboxylic acids is 5. The highest BCUT2D eigenvalue weighted by Crippen LogP contribution is 2.35. The zero-order valence-corrected chi connectivity index (χ0v) is 30.3. The molecule has 4 aliphatic heterocycles. The van der Waals surface area contributed by atoms with E-state index < -0.39 is 35.8 Å². The molecule has 6 heterocycles. The van der Waals surface area contributed by atoms with Gasteiger partial charge in [0.2, 0.25) is 11.8 Å². The van der Waals surface area contributed by atoms with Crippen molar-refractivity contribution >= 4 is 58.0 Å². The van der Waals surface area contributed by atoms with Gasteiger partial charge >= 0.3 is 6.09 Å². The van der Waals surface area contributed by atoms with E-state index in [1.54, 1.807) is 48.7 Å². The Kier molecular flexibility index (Phi) is 9.55. The zero-order chi connectivity index (χ0) is 38.4. The molecule has 3 saturated heterocycles. The summed E-state index contributed by atoms with van der Waals surface area (Å²) in [5, 5.41) is 15.7. The summed E-state index contributed by atoms with van der Waals surface area (Å²) in [4.78, 5) is 85.4. The molecule has 15 heteroatoms. The number of ether oxygens (including phenoxy) is 1. The molecule has 4 aromatic rings. The van der Waals surface area contributed by atoms with Gasteiger partial charge in [-0.1, -0.05) is 0 Å². The lowest BCUT2D eigenvalue weighted by Crippen LogP contribution is -2.54. The average Bonchev–Trinajstić information content (AvgIpc) is 3.85. The van der Waals surface area contributed by atoms with Gasteiger partial charge in [0.25, 0.3) is 17.7 Å². The summed E-state index contributed by atoms with van der Waals surface area (Å²) in [5.41, 5.74) is 2.96. The number of rotatable bonds is 9. The number of fused-ring (bicyclic) bond motifs is 2. The summed E-state index contributed by atoms with van der Waals surface area (Å²) < 4.78 is 7.30. The number of carbonyl (C=O) groups is 6. The first-order valence-corrected chi connectivity index (χ1v) is 18.7. The highest BCUT2D eigenvalue weighted by molar-refractivity contribution is 6.23. The van der Waals surface area contributed by atoms with Gasteiger partial charge in [-0.2, -0.15) is 0 Å². The smallest absolute Gasteiger partial charge is 0.416 e. The molecular formula is C40H41N7O8. The summed E-state index contributed by atoms with van der Waals surface area (Å²) in [7, 11) is 1.99. The van der Waals surface area contributed by atoms with Gasteiger partial charge in [0.05, 0.1) is 29.3 Å². The van der Waals surface area contributed by atoms with Gasteiger partial charge < -0.3 is 20.1 Å². The van der Waals surface area contributed by atoms with Gasteiger partial charge in [-0.25, -0.2) is 14.3 Å². The van der Waals surface area contributed by atoms with Crippen LogP contribution in [0.25, 0.3) is 10.9 Å². The number of hydrogen-bond donors (Lipinski definition) is 3. The van der Waals surface area contributed by atoms with Gasteiger partial charge in [0.1, 0.15) is 17.6 Å². The van der Waals surface area contributed by atoms with Crippen LogP contribution >= 0.6 is 0 Å². The van der Waals surface area contributed by atoms with Crippen LogP contribution in [0.15, 0.2) is 60.8 Å². The third-order valence-electron chi connectivity index (χ3n) is 11.3. The number of nitrogens with zero attached hydrogens (tertiary/aromatic N) is 5. The van der Waals surface area contributed by atoms with E-state index in [0.717, 1.165) is 62.3 Å². The Morgan fingerprint density at radius 3 is 2.38 bits per heavy atom. The normalized spacial score (nSPS) is 20.6. The van der Waals surface area contributed by atoms with Gasteiger partial charge in [0, 0.05) is 54.1 Å². The second-order valence-corrected chi connectivity index (χ2v) is 14.7. The Labute approximate surface area is 316 Å². The highest BCUT2D eigenvalue weighted by atomic mass is 16.5. The molecule has 284 valence electrons. The highest BCUT2D eigenvalue weighted by Gasteiger charge is 2.45. The van der Waals surface area contributed by atoms with Crippen LogP contribution in [-0.2, 0) is 9.59 Å². The maximum atomic E-state index is 13.3. The van der Waals surface area contributed by atoms with Gasteiger partial charge in [-0.05, 0) is 107 Å². The molecule has 0 radical (unpaired) electrons. The van der Waals surface area contributed by atoms with Crippen molar-refractivity contribution < 1.29 is 38.6 Å². The third kappa shape index (κ3) is 6.91. The maximum absolute atomic E-state index is 13.3. The zero-order valence-electron chi connectivity index (χ0n) is 30.3. The van der Waals surface area contributed by atoms with E-state index in [2.05, 4.69) is 25.4 Å². The molecule has 5 amide bonds. The number of carboxylic acid groups (broad SMARTS) is 1. The quantitative estimate of drug-likeness (QED) is 0.202. The topological polar surface area (TPSA) is 183 Å². The van der Waals surface area contributed by atoms with Crippen LogP contribution in [-0.4, -0.2) is 99.4 Å². The number of imide groups is 2. The summed E-state index contributed by atoms with van der Waals surface area (Å²) in [5.74, 6) is -1.11. The van der Waals surface area contributed by atoms with Crippen molar-refractivity contribution in [2.45, 2.75) is 57.0 Å². The molecule has 0 spiro atoms. The Balaban J connectivity index is 0.817. The monoisotopic (exact) mass is 747 g/mol. The number of nitrogens with one attached hydrogen (secondary N) is 2. The Hall–Kier alpha value is -6.09. The van der Waals surface area contributed by atoms with E-state index in [1.807, 2.05) is 19.2 Å². The molecule has 0 bridgehead atoms. The van der Waals surface area contributed by atoms with Crippen molar-refractivity contribution in [2.24, 2.45) is 5.92 Å². The lowest BCUT2D eigenvalue weighted by molar-refractivity contribution is -0.136. The standard InChI is InChI=1S/C40H41N7O8/c1-44-15-2-3-30(44)33-19-25-22-41-34(21-32(25)46(33)40(53)54)42-36(49)24-4-7-27(8-5-24)55-18-14-23-12-16-45(17-13-23)26-6-9-28-29(20-26)39(52)47(38(28)51)31-10-11-35(48)43-37(31)50/h4-9,19-23,30-31H,2-3,10-18H2,1H3,(H,53,54)(H,41,42,49)(H,43,48,50)/t30-,31?/m1/s1. The molecule has 3 fully saturated rings. The van der Waals surface area contributed by atoms with Crippen LogP contribution in [0.5, 0.6) is 5.75 Å². The van der Waals surface area contributed by atoms with Gasteiger partial charge in [-0.15, -0.1) is 0 Å². The van der Waals surface area contributed by atoms with E-state index in [9.17, 15) is 33.9 Å².